The van der Waals surface area contributed by atoms with Gasteiger partial charge in [-0.05, 0) is 67.6 Å². The highest BCUT2D eigenvalue weighted by Gasteiger charge is 2.19. The van der Waals surface area contributed by atoms with Gasteiger partial charge in [-0.1, -0.05) is 19.1 Å². The maximum Gasteiger partial charge on any atom is 0.244 e. The number of piperidine rings is 1. The summed E-state index contributed by atoms with van der Waals surface area (Å²) >= 11 is 0. The minimum Gasteiger partial charge on any atom is -0.374 e. The average Bonchev–Trinajstić information content (AvgIpc) is 2.68. The zero-order chi connectivity index (χ0) is 20.1. The summed E-state index contributed by atoms with van der Waals surface area (Å²) in [5, 5.41) is 3.27. The molecule has 4 nitrogen and oxygen atoms in total. The van der Waals surface area contributed by atoms with E-state index in [0.717, 1.165) is 30.3 Å². The first-order valence-corrected chi connectivity index (χ1v) is 10.0. The number of benzene rings is 2. The summed E-state index contributed by atoms with van der Waals surface area (Å²) in [5.74, 6) is 0.500. The molecule has 0 aliphatic carbocycles. The van der Waals surface area contributed by atoms with E-state index < -0.39 is 0 Å². The van der Waals surface area contributed by atoms with Gasteiger partial charge in [-0.15, -0.1) is 0 Å². The minimum absolute atomic E-state index is 0.0293. The smallest absolute Gasteiger partial charge is 0.244 e. The van der Waals surface area contributed by atoms with Gasteiger partial charge in [-0.3, -0.25) is 4.79 Å². The number of anilines is 2. The van der Waals surface area contributed by atoms with Crippen LogP contribution >= 0.6 is 0 Å². The Morgan fingerprint density at radius 2 is 1.89 bits per heavy atom. The molecule has 0 bridgehead atoms. The molecular weight excluding hydrogens is 353 g/mol. The molecule has 1 N–H and O–H groups in total. The molecule has 1 unspecified atom stereocenters. The summed E-state index contributed by atoms with van der Waals surface area (Å²) < 4.78 is 13.3. The van der Waals surface area contributed by atoms with Crippen LogP contribution in [0.25, 0.3) is 0 Å². The second-order valence-corrected chi connectivity index (χ2v) is 7.91. The SMILES string of the molecule is CC1CCN(c2ccc(NC(C)C(=O)N(C)Cc3cccc(F)c3)cc2)CC1. The topological polar surface area (TPSA) is 35.6 Å². The fraction of sp³-hybridized carbons (Fsp3) is 0.435. The van der Waals surface area contributed by atoms with Crippen molar-refractivity contribution in [1.29, 1.82) is 0 Å². The number of likely N-dealkylation sites (N-methyl/N-ethyl adjacent to an activating group) is 1. The number of carbonyl (C=O) groups is 1. The van der Waals surface area contributed by atoms with Crippen molar-refractivity contribution in [3.63, 3.8) is 0 Å². The summed E-state index contributed by atoms with van der Waals surface area (Å²) in [6.07, 6.45) is 2.48. The number of carbonyl (C=O) groups excluding carboxylic acids is 1. The van der Waals surface area contributed by atoms with Crippen molar-refractivity contribution in [2.45, 2.75) is 39.3 Å². The van der Waals surface area contributed by atoms with Gasteiger partial charge < -0.3 is 15.1 Å². The van der Waals surface area contributed by atoms with Crippen molar-refractivity contribution >= 4 is 17.3 Å². The molecule has 28 heavy (non-hydrogen) atoms. The fourth-order valence-electron chi connectivity index (χ4n) is 3.66. The summed E-state index contributed by atoms with van der Waals surface area (Å²) in [5.41, 5.74) is 2.94. The minimum atomic E-state index is -0.361. The number of halogens is 1. The number of rotatable bonds is 6. The molecule has 1 fully saturated rings. The van der Waals surface area contributed by atoms with E-state index in [1.165, 1.54) is 30.7 Å². The third-order valence-corrected chi connectivity index (χ3v) is 5.45. The van der Waals surface area contributed by atoms with E-state index in [9.17, 15) is 9.18 Å². The fourth-order valence-corrected chi connectivity index (χ4v) is 3.66. The summed E-state index contributed by atoms with van der Waals surface area (Å²) in [4.78, 5) is 16.7. The van der Waals surface area contributed by atoms with Gasteiger partial charge in [-0.2, -0.15) is 0 Å². The van der Waals surface area contributed by atoms with Crippen molar-refractivity contribution in [1.82, 2.24) is 4.90 Å². The van der Waals surface area contributed by atoms with Gasteiger partial charge in [0.1, 0.15) is 11.9 Å². The van der Waals surface area contributed by atoms with Crippen LogP contribution < -0.4 is 10.2 Å². The standard InChI is InChI=1S/C23H30FN3O/c1-17-11-13-27(14-12-17)22-9-7-21(8-10-22)25-18(2)23(28)26(3)16-19-5-4-6-20(24)15-19/h4-10,15,17-18,25H,11-14,16H2,1-3H3. The molecule has 1 heterocycles. The van der Waals surface area contributed by atoms with E-state index in [4.69, 9.17) is 0 Å². The number of hydrogen-bond acceptors (Lipinski definition) is 3. The van der Waals surface area contributed by atoms with Crippen molar-refractivity contribution in [3.8, 4) is 0 Å². The average molecular weight is 384 g/mol. The van der Waals surface area contributed by atoms with Gasteiger partial charge in [-0.25, -0.2) is 4.39 Å². The highest BCUT2D eigenvalue weighted by Crippen LogP contribution is 2.24. The van der Waals surface area contributed by atoms with E-state index in [2.05, 4.69) is 29.3 Å². The Balaban J connectivity index is 1.54. The van der Waals surface area contributed by atoms with Gasteiger partial charge in [0, 0.05) is 38.1 Å². The van der Waals surface area contributed by atoms with Crippen LogP contribution in [0.4, 0.5) is 15.8 Å². The molecule has 2 aromatic carbocycles. The maximum absolute atomic E-state index is 13.3. The van der Waals surface area contributed by atoms with Crippen LogP contribution in [0.1, 0.15) is 32.3 Å². The Kier molecular flexibility index (Phi) is 6.55. The molecule has 1 aliphatic heterocycles. The van der Waals surface area contributed by atoms with Crippen molar-refractivity contribution in [2.75, 3.05) is 30.4 Å². The van der Waals surface area contributed by atoms with Crippen molar-refractivity contribution in [2.24, 2.45) is 5.92 Å². The van der Waals surface area contributed by atoms with Gasteiger partial charge >= 0.3 is 0 Å². The Hall–Kier alpha value is -2.56. The van der Waals surface area contributed by atoms with Crippen LogP contribution in [0, 0.1) is 11.7 Å². The second-order valence-electron chi connectivity index (χ2n) is 7.91. The first kappa shape index (κ1) is 20.2. The van der Waals surface area contributed by atoms with Crippen LogP contribution in [0.2, 0.25) is 0 Å². The molecule has 5 heteroatoms. The summed E-state index contributed by atoms with van der Waals surface area (Å²) in [7, 11) is 1.74. The largest absolute Gasteiger partial charge is 0.374 e. The lowest BCUT2D eigenvalue weighted by atomic mass is 9.99. The van der Waals surface area contributed by atoms with Crippen LogP contribution in [0.3, 0.4) is 0 Å². The van der Waals surface area contributed by atoms with Gasteiger partial charge in [0.15, 0.2) is 0 Å². The molecule has 0 radical (unpaired) electrons. The van der Waals surface area contributed by atoms with Crippen LogP contribution in [0.15, 0.2) is 48.5 Å². The Labute approximate surface area is 167 Å². The lowest BCUT2D eigenvalue weighted by molar-refractivity contribution is -0.130. The third-order valence-electron chi connectivity index (χ3n) is 5.45. The number of hydrogen-bond donors (Lipinski definition) is 1. The molecule has 0 saturated carbocycles. The van der Waals surface area contributed by atoms with Gasteiger partial charge in [0.25, 0.3) is 0 Å². The maximum atomic E-state index is 13.3. The first-order chi connectivity index (χ1) is 13.4. The lowest BCUT2D eigenvalue weighted by Gasteiger charge is -2.32. The van der Waals surface area contributed by atoms with E-state index in [1.54, 1.807) is 18.0 Å². The quantitative estimate of drug-likeness (QED) is 0.797. The zero-order valence-electron chi connectivity index (χ0n) is 17.0. The molecule has 1 aliphatic rings. The van der Waals surface area contributed by atoms with Crippen LogP contribution in [0.5, 0.6) is 0 Å². The predicted molar refractivity (Wildman–Crippen MR) is 113 cm³/mol. The van der Waals surface area contributed by atoms with Crippen LogP contribution in [-0.4, -0.2) is 37.0 Å². The van der Waals surface area contributed by atoms with E-state index in [0.29, 0.717) is 6.54 Å². The first-order valence-electron chi connectivity index (χ1n) is 10.0. The van der Waals surface area contributed by atoms with Gasteiger partial charge in [0.05, 0.1) is 0 Å². The lowest BCUT2D eigenvalue weighted by Crippen LogP contribution is -2.38. The second kappa shape index (κ2) is 9.09. The molecule has 0 spiro atoms. The zero-order valence-corrected chi connectivity index (χ0v) is 17.0. The van der Waals surface area contributed by atoms with Crippen LogP contribution in [-0.2, 0) is 11.3 Å². The normalized spacial score (nSPS) is 15.9. The number of amides is 1. The van der Waals surface area contributed by atoms with E-state index >= 15 is 0 Å². The Morgan fingerprint density at radius 1 is 1.21 bits per heavy atom. The molecule has 1 saturated heterocycles. The summed E-state index contributed by atoms with van der Waals surface area (Å²) in [6, 6.07) is 14.3. The van der Waals surface area contributed by atoms with Gasteiger partial charge in [0.2, 0.25) is 5.91 Å². The number of nitrogens with zero attached hydrogens (tertiary/aromatic N) is 2. The van der Waals surface area contributed by atoms with Crippen molar-refractivity contribution in [3.05, 3.63) is 59.9 Å². The molecule has 0 aromatic heterocycles. The highest BCUT2D eigenvalue weighted by atomic mass is 19.1. The highest BCUT2D eigenvalue weighted by molar-refractivity contribution is 5.84. The molecule has 1 amide bonds. The third kappa shape index (κ3) is 5.24. The van der Waals surface area contributed by atoms with E-state index in [1.807, 2.05) is 25.1 Å². The Morgan fingerprint density at radius 3 is 2.54 bits per heavy atom. The monoisotopic (exact) mass is 383 g/mol. The molecule has 1 atom stereocenters. The molecule has 3 rings (SSSR count). The molecular formula is C23H30FN3O. The Bertz CT molecular complexity index is 785. The number of nitrogens with one attached hydrogen (secondary N) is 1. The molecule has 150 valence electrons. The van der Waals surface area contributed by atoms with Crippen molar-refractivity contribution < 1.29 is 9.18 Å². The summed E-state index contributed by atoms with van der Waals surface area (Å²) in [6.45, 7) is 6.76. The molecule has 2 aromatic rings. The predicted octanol–water partition coefficient (Wildman–Crippen LogP) is 4.52. The van der Waals surface area contributed by atoms with E-state index in [-0.39, 0.29) is 17.8 Å².